The van der Waals surface area contributed by atoms with Crippen LogP contribution in [-0.2, 0) is 4.74 Å². The van der Waals surface area contributed by atoms with Crippen molar-refractivity contribution in [1.29, 1.82) is 0 Å². The van der Waals surface area contributed by atoms with Gasteiger partial charge in [0.05, 0.1) is 0 Å². The lowest BCUT2D eigenvalue weighted by Gasteiger charge is -2.38. The molecule has 1 unspecified atom stereocenters. The second-order valence-electron chi connectivity index (χ2n) is 4.45. The Morgan fingerprint density at radius 1 is 1.54 bits per heavy atom. The SMILES string of the molecule is CC(C)(C)C1(OC(=O)O)C=CCC1. The Hall–Kier alpha value is -0.990. The van der Waals surface area contributed by atoms with Crippen molar-refractivity contribution in [1.82, 2.24) is 0 Å². The fraction of sp³-hybridized carbons (Fsp3) is 0.700. The maximum atomic E-state index is 10.6. The first-order valence-electron chi connectivity index (χ1n) is 4.47. The molecule has 1 atom stereocenters. The fourth-order valence-electron chi connectivity index (χ4n) is 1.67. The molecule has 0 aliphatic heterocycles. The highest BCUT2D eigenvalue weighted by molar-refractivity contribution is 5.58. The number of hydrogen-bond acceptors (Lipinski definition) is 2. The molecule has 0 fully saturated rings. The summed E-state index contributed by atoms with van der Waals surface area (Å²) in [5, 5.41) is 8.65. The molecule has 3 nitrogen and oxygen atoms in total. The molecular weight excluding hydrogens is 168 g/mol. The molecule has 0 saturated carbocycles. The number of carbonyl (C=O) groups is 1. The first-order chi connectivity index (χ1) is 5.87. The van der Waals surface area contributed by atoms with Crippen LogP contribution in [0.25, 0.3) is 0 Å². The predicted octanol–water partition coefficient (Wildman–Crippen LogP) is 2.82. The zero-order chi connectivity index (χ0) is 10.1. The van der Waals surface area contributed by atoms with Gasteiger partial charge in [-0.05, 0) is 18.9 Å². The summed E-state index contributed by atoms with van der Waals surface area (Å²) in [6, 6.07) is 0. The highest BCUT2D eigenvalue weighted by atomic mass is 16.7. The summed E-state index contributed by atoms with van der Waals surface area (Å²) >= 11 is 0. The molecule has 0 radical (unpaired) electrons. The van der Waals surface area contributed by atoms with E-state index in [1.54, 1.807) is 0 Å². The van der Waals surface area contributed by atoms with E-state index in [0.29, 0.717) is 0 Å². The number of hydrogen-bond donors (Lipinski definition) is 1. The van der Waals surface area contributed by atoms with Crippen LogP contribution in [-0.4, -0.2) is 16.9 Å². The summed E-state index contributed by atoms with van der Waals surface area (Å²) in [7, 11) is 0. The molecule has 13 heavy (non-hydrogen) atoms. The Labute approximate surface area is 78.4 Å². The third kappa shape index (κ3) is 1.85. The fourth-order valence-corrected chi connectivity index (χ4v) is 1.67. The molecule has 1 rings (SSSR count). The van der Waals surface area contributed by atoms with E-state index in [9.17, 15) is 4.79 Å². The average molecular weight is 184 g/mol. The van der Waals surface area contributed by atoms with Gasteiger partial charge in [-0.25, -0.2) is 4.79 Å². The van der Waals surface area contributed by atoms with Crippen LogP contribution in [0.5, 0.6) is 0 Å². The molecule has 1 N–H and O–H groups in total. The van der Waals surface area contributed by atoms with Crippen molar-refractivity contribution in [2.45, 2.75) is 39.2 Å². The molecule has 0 aromatic heterocycles. The molecule has 1 aliphatic rings. The molecule has 0 heterocycles. The second-order valence-corrected chi connectivity index (χ2v) is 4.45. The van der Waals surface area contributed by atoms with Gasteiger partial charge < -0.3 is 9.84 Å². The highest BCUT2D eigenvalue weighted by Gasteiger charge is 2.44. The molecule has 3 heteroatoms. The van der Waals surface area contributed by atoms with Gasteiger partial charge in [0.2, 0.25) is 0 Å². The third-order valence-corrected chi connectivity index (χ3v) is 2.61. The monoisotopic (exact) mass is 184 g/mol. The van der Waals surface area contributed by atoms with Gasteiger partial charge in [0.25, 0.3) is 0 Å². The molecule has 0 saturated heterocycles. The smallest absolute Gasteiger partial charge is 0.450 e. The Bertz CT molecular complexity index is 237. The molecule has 0 aromatic carbocycles. The first-order valence-corrected chi connectivity index (χ1v) is 4.47. The van der Waals surface area contributed by atoms with Crippen molar-refractivity contribution in [3.8, 4) is 0 Å². The summed E-state index contributed by atoms with van der Waals surface area (Å²) in [6.45, 7) is 5.98. The molecule has 1 aliphatic carbocycles. The predicted molar refractivity (Wildman–Crippen MR) is 49.7 cm³/mol. The van der Waals surface area contributed by atoms with Gasteiger partial charge in [0, 0.05) is 5.41 Å². The van der Waals surface area contributed by atoms with Gasteiger partial charge in [-0.2, -0.15) is 0 Å². The maximum absolute atomic E-state index is 10.6. The Balaban J connectivity index is 2.88. The topological polar surface area (TPSA) is 46.5 Å². The van der Waals surface area contributed by atoms with E-state index in [4.69, 9.17) is 9.84 Å². The van der Waals surface area contributed by atoms with Crippen molar-refractivity contribution >= 4 is 6.16 Å². The minimum Gasteiger partial charge on any atom is -0.450 e. The number of allylic oxidation sites excluding steroid dienone is 1. The highest BCUT2D eigenvalue weighted by Crippen LogP contribution is 2.42. The normalized spacial score (nSPS) is 27.6. The zero-order valence-corrected chi connectivity index (χ0v) is 8.33. The summed E-state index contributed by atoms with van der Waals surface area (Å²) in [5.41, 5.74) is -0.808. The van der Waals surface area contributed by atoms with Crippen LogP contribution in [0.15, 0.2) is 12.2 Å². The van der Waals surface area contributed by atoms with E-state index < -0.39 is 11.8 Å². The summed E-state index contributed by atoms with van der Waals surface area (Å²) < 4.78 is 4.99. The number of ether oxygens (including phenoxy) is 1. The quantitative estimate of drug-likeness (QED) is 0.503. The van der Waals surface area contributed by atoms with Crippen LogP contribution >= 0.6 is 0 Å². The standard InChI is InChI=1S/C10H16O3/c1-9(2,3)10(13-8(11)12)6-4-5-7-10/h4,6H,5,7H2,1-3H3,(H,11,12). The van der Waals surface area contributed by atoms with Crippen molar-refractivity contribution in [3.63, 3.8) is 0 Å². The summed E-state index contributed by atoms with van der Waals surface area (Å²) in [4.78, 5) is 10.6. The van der Waals surface area contributed by atoms with Crippen molar-refractivity contribution in [2.75, 3.05) is 0 Å². The molecule has 0 spiro atoms. The Kier molecular flexibility index (Phi) is 2.37. The zero-order valence-electron chi connectivity index (χ0n) is 8.33. The van der Waals surface area contributed by atoms with Gasteiger partial charge in [-0.15, -0.1) is 0 Å². The van der Waals surface area contributed by atoms with Crippen LogP contribution in [0.1, 0.15) is 33.6 Å². The van der Waals surface area contributed by atoms with Crippen LogP contribution in [0, 0.1) is 5.41 Å². The van der Waals surface area contributed by atoms with E-state index in [1.165, 1.54) is 0 Å². The lowest BCUT2D eigenvalue weighted by Crippen LogP contribution is -2.43. The Morgan fingerprint density at radius 2 is 2.15 bits per heavy atom. The lowest BCUT2D eigenvalue weighted by atomic mass is 9.76. The average Bonchev–Trinajstić information content (AvgIpc) is 2.33. The van der Waals surface area contributed by atoms with E-state index in [1.807, 2.05) is 32.9 Å². The van der Waals surface area contributed by atoms with E-state index in [0.717, 1.165) is 12.8 Å². The summed E-state index contributed by atoms with van der Waals surface area (Å²) in [5.74, 6) is 0. The minimum atomic E-state index is -1.19. The van der Waals surface area contributed by atoms with Crippen molar-refractivity contribution in [2.24, 2.45) is 5.41 Å². The van der Waals surface area contributed by atoms with Gasteiger partial charge in [-0.3, -0.25) is 0 Å². The van der Waals surface area contributed by atoms with E-state index in [2.05, 4.69) is 0 Å². The first kappa shape index (κ1) is 10.1. The lowest BCUT2D eigenvalue weighted by molar-refractivity contribution is -0.0523. The molecule has 74 valence electrons. The van der Waals surface area contributed by atoms with E-state index >= 15 is 0 Å². The van der Waals surface area contributed by atoms with E-state index in [-0.39, 0.29) is 5.41 Å². The largest absolute Gasteiger partial charge is 0.506 e. The van der Waals surface area contributed by atoms with Crippen LogP contribution in [0.3, 0.4) is 0 Å². The van der Waals surface area contributed by atoms with Crippen molar-refractivity contribution in [3.05, 3.63) is 12.2 Å². The molecule has 0 bridgehead atoms. The molecule has 0 amide bonds. The molecular formula is C10H16O3. The summed E-state index contributed by atoms with van der Waals surface area (Å²) in [6.07, 6.45) is 4.31. The van der Waals surface area contributed by atoms with Crippen LogP contribution < -0.4 is 0 Å². The maximum Gasteiger partial charge on any atom is 0.506 e. The molecule has 0 aromatic rings. The van der Waals surface area contributed by atoms with Gasteiger partial charge in [-0.1, -0.05) is 26.8 Å². The van der Waals surface area contributed by atoms with Gasteiger partial charge in [0.1, 0.15) is 5.60 Å². The van der Waals surface area contributed by atoms with Gasteiger partial charge in [0.15, 0.2) is 0 Å². The van der Waals surface area contributed by atoms with Crippen molar-refractivity contribution < 1.29 is 14.6 Å². The third-order valence-electron chi connectivity index (χ3n) is 2.61. The van der Waals surface area contributed by atoms with Crippen LogP contribution in [0.4, 0.5) is 4.79 Å². The second kappa shape index (κ2) is 3.05. The van der Waals surface area contributed by atoms with Crippen LogP contribution in [0.2, 0.25) is 0 Å². The Morgan fingerprint density at radius 3 is 2.46 bits per heavy atom. The van der Waals surface area contributed by atoms with Gasteiger partial charge >= 0.3 is 6.16 Å². The number of carboxylic acid groups (broad SMARTS) is 1. The number of rotatable bonds is 1. The minimum absolute atomic E-state index is 0.182.